The second-order valence-electron chi connectivity index (χ2n) is 5.40. The van der Waals surface area contributed by atoms with Crippen LogP contribution in [0.1, 0.15) is 24.1 Å². The van der Waals surface area contributed by atoms with E-state index in [0.717, 1.165) is 33.8 Å². The largest absolute Gasteiger partial charge is 0.736 e. The van der Waals surface area contributed by atoms with Gasteiger partial charge in [0.1, 0.15) is 5.69 Å². The second kappa shape index (κ2) is 6.18. The maximum atomic E-state index is 10.8. The number of benzene rings is 1. The molecular weight excluding hydrogens is 318 g/mol. The molecule has 116 valence electrons. The van der Waals surface area contributed by atoms with Crippen molar-refractivity contribution in [1.29, 1.82) is 0 Å². The van der Waals surface area contributed by atoms with Crippen LogP contribution in [0.25, 0.3) is 5.69 Å². The zero-order valence-corrected chi connectivity index (χ0v) is 14.0. The quantitative estimate of drug-likeness (QED) is 0.374. The van der Waals surface area contributed by atoms with Crippen molar-refractivity contribution in [2.24, 2.45) is 0 Å². The van der Waals surface area contributed by atoms with Crippen molar-refractivity contribution in [2.45, 2.75) is 31.2 Å². The van der Waals surface area contributed by atoms with Crippen molar-refractivity contribution < 1.29 is 9.49 Å². The van der Waals surface area contributed by atoms with E-state index < -0.39 is 0 Å². The van der Waals surface area contributed by atoms with E-state index in [4.69, 9.17) is 12.6 Å². The summed E-state index contributed by atoms with van der Waals surface area (Å²) in [5.41, 5.74) is 0.988. The van der Waals surface area contributed by atoms with Gasteiger partial charge in [-0.1, -0.05) is 11.3 Å². The molecule has 7 heteroatoms. The molecule has 0 atom stereocenters. The normalized spacial score (nSPS) is 15.0. The molecular formula is C15H17N3O2S2. The van der Waals surface area contributed by atoms with Crippen LogP contribution in [0.2, 0.25) is 0 Å². The lowest BCUT2D eigenvalue weighted by atomic mass is 10.1. The summed E-state index contributed by atoms with van der Waals surface area (Å²) in [5.74, 6) is 0. The van der Waals surface area contributed by atoms with Gasteiger partial charge in [0.05, 0.1) is 18.0 Å². The maximum Gasteiger partial charge on any atom is 0.340 e. The molecule has 0 spiro atoms. The Labute approximate surface area is 138 Å². The Balaban J connectivity index is 2.03. The third-order valence-electron chi connectivity index (χ3n) is 3.89. The van der Waals surface area contributed by atoms with Gasteiger partial charge in [-0.3, -0.25) is 15.0 Å². The van der Waals surface area contributed by atoms with Crippen LogP contribution >= 0.6 is 11.3 Å². The van der Waals surface area contributed by atoms with E-state index >= 15 is 0 Å². The Kier molecular flexibility index (Phi) is 4.26. The van der Waals surface area contributed by atoms with E-state index in [1.807, 2.05) is 11.5 Å². The summed E-state index contributed by atoms with van der Waals surface area (Å²) in [4.78, 5) is 13.9. The van der Waals surface area contributed by atoms with Gasteiger partial charge in [0.2, 0.25) is 0 Å². The van der Waals surface area contributed by atoms with Crippen molar-refractivity contribution in [1.82, 2.24) is 0 Å². The van der Waals surface area contributed by atoms with Crippen LogP contribution in [-0.4, -0.2) is 18.0 Å². The maximum absolute atomic E-state index is 10.8. The molecule has 1 aromatic heterocycles. The zero-order chi connectivity index (χ0) is 15.7. The standard InChI is InChI=1S/C15H17N3O2S2/c1-11-14(21)17(12-5-7-13(8-6-12)18(19)20)15(22-11)16-9-3-2-4-10-16/h5-8H,2-4,9-10H2,1H3. The number of thiazole rings is 1. The summed E-state index contributed by atoms with van der Waals surface area (Å²) >= 11 is 7.27. The molecule has 1 aliphatic rings. The highest BCUT2D eigenvalue weighted by Gasteiger charge is 2.26. The molecule has 0 amide bonds. The van der Waals surface area contributed by atoms with Crippen molar-refractivity contribution in [3.8, 4) is 5.69 Å². The molecule has 1 aliphatic heterocycles. The van der Waals surface area contributed by atoms with Crippen LogP contribution in [0.15, 0.2) is 29.3 Å². The summed E-state index contributed by atoms with van der Waals surface area (Å²) in [6.45, 7) is 4.12. The summed E-state index contributed by atoms with van der Waals surface area (Å²) in [7, 11) is 0. The summed E-state index contributed by atoms with van der Waals surface area (Å²) in [6.07, 6.45) is 3.67. The molecule has 2 heterocycles. The van der Waals surface area contributed by atoms with Crippen molar-refractivity contribution >= 4 is 34.8 Å². The molecule has 1 saturated heterocycles. The number of hydrogen-bond donors (Lipinski definition) is 0. The van der Waals surface area contributed by atoms with Gasteiger partial charge in [0.15, 0.2) is 0 Å². The Morgan fingerprint density at radius 1 is 1.23 bits per heavy atom. The number of aryl methyl sites for hydroxylation is 1. The molecule has 22 heavy (non-hydrogen) atoms. The number of hydrogen-bond acceptors (Lipinski definition) is 5. The van der Waals surface area contributed by atoms with E-state index in [2.05, 4.69) is 4.90 Å². The van der Waals surface area contributed by atoms with Gasteiger partial charge in [0.25, 0.3) is 5.69 Å². The van der Waals surface area contributed by atoms with Gasteiger partial charge in [-0.15, -0.1) is 0 Å². The van der Waals surface area contributed by atoms with E-state index in [-0.39, 0.29) is 10.6 Å². The monoisotopic (exact) mass is 335 g/mol. The molecule has 0 radical (unpaired) electrons. The minimum absolute atomic E-state index is 0.0988. The molecule has 1 aromatic carbocycles. The average molecular weight is 335 g/mol. The summed E-state index contributed by atoms with van der Waals surface area (Å²) in [5, 5.41) is 12.7. The van der Waals surface area contributed by atoms with E-state index in [1.165, 1.54) is 31.4 Å². The third-order valence-corrected chi connectivity index (χ3v) is 5.63. The van der Waals surface area contributed by atoms with Crippen LogP contribution in [0.4, 0.5) is 10.8 Å². The van der Waals surface area contributed by atoms with Crippen LogP contribution in [0.5, 0.6) is 0 Å². The Morgan fingerprint density at radius 2 is 1.86 bits per heavy atom. The highest BCUT2D eigenvalue weighted by atomic mass is 32.1. The lowest BCUT2D eigenvalue weighted by Gasteiger charge is -2.21. The van der Waals surface area contributed by atoms with E-state index in [0.29, 0.717) is 0 Å². The van der Waals surface area contributed by atoms with Crippen molar-refractivity contribution in [3.63, 3.8) is 0 Å². The molecule has 2 aromatic rings. The molecule has 0 bridgehead atoms. The van der Waals surface area contributed by atoms with Gasteiger partial charge in [-0.05, 0) is 38.3 Å². The second-order valence-corrected chi connectivity index (χ2v) is 6.97. The average Bonchev–Trinajstić information content (AvgIpc) is 2.84. The number of nitro groups is 1. The Morgan fingerprint density at radius 3 is 2.45 bits per heavy atom. The number of nitrogens with zero attached hydrogens (tertiary/aromatic N) is 3. The Bertz CT molecular complexity index is 692. The van der Waals surface area contributed by atoms with Gasteiger partial charge in [-0.2, -0.15) is 0 Å². The molecule has 3 rings (SSSR count). The number of aromatic nitrogens is 1. The molecule has 0 N–H and O–H groups in total. The molecule has 5 nitrogen and oxygen atoms in total. The first kappa shape index (κ1) is 15.2. The SMILES string of the molecule is Cc1sc(N2CCCCC2)[n+](-c2ccc([N+](=O)[O-])cc2)c1[S-]. The smallest absolute Gasteiger partial charge is 0.340 e. The number of rotatable bonds is 3. The van der Waals surface area contributed by atoms with Gasteiger partial charge < -0.3 is 12.6 Å². The summed E-state index contributed by atoms with van der Waals surface area (Å²) in [6, 6.07) is 6.61. The number of piperidine rings is 1. The first-order valence-electron chi connectivity index (χ1n) is 7.30. The van der Waals surface area contributed by atoms with Crippen molar-refractivity contribution in [3.05, 3.63) is 39.3 Å². The van der Waals surface area contributed by atoms with Crippen LogP contribution in [0.3, 0.4) is 0 Å². The minimum Gasteiger partial charge on any atom is -0.736 e. The van der Waals surface area contributed by atoms with Crippen LogP contribution < -0.4 is 9.47 Å². The summed E-state index contributed by atoms with van der Waals surface area (Å²) < 4.78 is 2.05. The van der Waals surface area contributed by atoms with Crippen LogP contribution in [-0.2, 0) is 12.6 Å². The molecule has 0 unspecified atom stereocenters. The first-order valence-corrected chi connectivity index (χ1v) is 8.52. The van der Waals surface area contributed by atoms with Gasteiger partial charge in [0, 0.05) is 22.0 Å². The minimum atomic E-state index is -0.381. The van der Waals surface area contributed by atoms with E-state index in [1.54, 1.807) is 23.5 Å². The highest BCUT2D eigenvalue weighted by Crippen LogP contribution is 2.28. The number of nitro benzene ring substituents is 1. The van der Waals surface area contributed by atoms with Crippen molar-refractivity contribution in [2.75, 3.05) is 18.0 Å². The zero-order valence-electron chi connectivity index (χ0n) is 12.3. The van der Waals surface area contributed by atoms with E-state index in [9.17, 15) is 10.1 Å². The number of anilines is 1. The lowest BCUT2D eigenvalue weighted by Crippen LogP contribution is -2.42. The topological polar surface area (TPSA) is 50.3 Å². The first-order chi connectivity index (χ1) is 10.6. The number of non-ortho nitro benzene ring substituents is 1. The lowest BCUT2D eigenvalue weighted by molar-refractivity contribution is -0.618. The predicted octanol–water partition coefficient (Wildman–Crippen LogP) is 3.14. The Hall–Kier alpha value is -1.73. The molecule has 1 fully saturated rings. The van der Waals surface area contributed by atoms with Gasteiger partial charge >= 0.3 is 5.13 Å². The highest BCUT2D eigenvalue weighted by molar-refractivity contribution is 7.58. The fourth-order valence-corrected chi connectivity index (χ4v) is 4.14. The predicted molar refractivity (Wildman–Crippen MR) is 88.9 cm³/mol. The molecule has 0 saturated carbocycles. The fraction of sp³-hybridized carbons (Fsp3) is 0.400. The third kappa shape index (κ3) is 2.78. The van der Waals surface area contributed by atoms with Crippen LogP contribution in [0, 0.1) is 17.0 Å². The fourth-order valence-electron chi connectivity index (χ4n) is 2.71. The molecule has 0 aliphatic carbocycles. The van der Waals surface area contributed by atoms with Gasteiger partial charge in [-0.25, -0.2) is 4.57 Å².